The molecule has 1 aromatic carbocycles. The summed E-state index contributed by atoms with van der Waals surface area (Å²) >= 11 is 7.47. The van der Waals surface area contributed by atoms with Crippen molar-refractivity contribution in [3.05, 3.63) is 51.2 Å². The van der Waals surface area contributed by atoms with Gasteiger partial charge in [-0.3, -0.25) is 4.79 Å². The molecule has 0 aliphatic carbocycles. The maximum atomic E-state index is 12.1. The van der Waals surface area contributed by atoms with E-state index in [2.05, 4.69) is 0 Å². The summed E-state index contributed by atoms with van der Waals surface area (Å²) in [6.07, 6.45) is 0.375. The summed E-state index contributed by atoms with van der Waals surface area (Å²) in [4.78, 5) is 12.1. The topological polar surface area (TPSA) is 26.3 Å². The summed E-state index contributed by atoms with van der Waals surface area (Å²) in [6.45, 7) is 0. The van der Waals surface area contributed by atoms with Gasteiger partial charge in [-0.2, -0.15) is 11.3 Å². The lowest BCUT2D eigenvalue weighted by Crippen LogP contribution is -2.05. The molecule has 0 bridgehead atoms. The Labute approximate surface area is 109 Å². The molecule has 0 aliphatic rings. The van der Waals surface area contributed by atoms with E-state index >= 15 is 0 Å². The van der Waals surface area contributed by atoms with Crippen molar-refractivity contribution in [1.29, 1.82) is 0 Å². The lowest BCUT2D eigenvalue weighted by Gasteiger charge is -2.07. The predicted molar refractivity (Wildman–Crippen MR) is 70.4 cm³/mol. The number of benzene rings is 1. The highest BCUT2D eigenvalue weighted by Crippen LogP contribution is 2.24. The smallest absolute Gasteiger partial charge is 0.171 e. The molecule has 2 rings (SSSR count). The molecule has 0 fully saturated rings. The molecular formula is C13H11ClO2S. The van der Waals surface area contributed by atoms with Crippen LogP contribution in [0.25, 0.3) is 0 Å². The number of thiophene rings is 1. The van der Waals surface area contributed by atoms with Crippen LogP contribution in [0.2, 0.25) is 5.02 Å². The van der Waals surface area contributed by atoms with Crippen molar-refractivity contribution in [2.24, 2.45) is 0 Å². The third-order valence-electron chi connectivity index (χ3n) is 2.41. The largest absolute Gasteiger partial charge is 0.496 e. The van der Waals surface area contributed by atoms with Crippen LogP contribution < -0.4 is 4.74 Å². The minimum absolute atomic E-state index is 0.0164. The number of halogens is 1. The molecule has 1 heterocycles. The highest BCUT2D eigenvalue weighted by atomic mass is 35.5. The van der Waals surface area contributed by atoms with Crippen molar-refractivity contribution in [3.8, 4) is 5.75 Å². The van der Waals surface area contributed by atoms with Gasteiger partial charge in [0.2, 0.25) is 0 Å². The molecule has 0 saturated carbocycles. The molecule has 0 unspecified atom stereocenters. The standard InChI is InChI=1S/C13H11ClO2S/c1-16-13-3-2-10(14)7-11(13)12(15)6-9-4-5-17-8-9/h2-5,7-8H,6H2,1H3. The van der Waals surface area contributed by atoms with Gasteiger partial charge in [-0.05, 0) is 40.6 Å². The van der Waals surface area contributed by atoms with Crippen LogP contribution in [0.5, 0.6) is 5.75 Å². The zero-order chi connectivity index (χ0) is 12.3. The summed E-state index contributed by atoms with van der Waals surface area (Å²) in [5.74, 6) is 0.581. The monoisotopic (exact) mass is 266 g/mol. The van der Waals surface area contributed by atoms with E-state index in [0.717, 1.165) is 5.56 Å². The molecule has 0 radical (unpaired) electrons. The van der Waals surface area contributed by atoms with Gasteiger partial charge < -0.3 is 4.74 Å². The van der Waals surface area contributed by atoms with Gasteiger partial charge in [0.05, 0.1) is 12.7 Å². The fraction of sp³-hybridized carbons (Fsp3) is 0.154. The number of hydrogen-bond donors (Lipinski definition) is 0. The van der Waals surface area contributed by atoms with Gasteiger partial charge in [-0.15, -0.1) is 0 Å². The second kappa shape index (κ2) is 5.34. The second-order valence-electron chi connectivity index (χ2n) is 3.58. The van der Waals surface area contributed by atoms with Gasteiger partial charge in [0.1, 0.15) is 5.75 Å². The number of Topliss-reactive ketones (excluding diaryl/α,β-unsaturated/α-hetero) is 1. The second-order valence-corrected chi connectivity index (χ2v) is 4.79. The molecule has 4 heteroatoms. The summed E-state index contributed by atoms with van der Waals surface area (Å²) in [5, 5.41) is 4.46. The Kier molecular flexibility index (Phi) is 3.82. The first kappa shape index (κ1) is 12.1. The van der Waals surface area contributed by atoms with Gasteiger partial charge >= 0.3 is 0 Å². The molecule has 0 saturated heterocycles. The van der Waals surface area contributed by atoms with Gasteiger partial charge in [-0.1, -0.05) is 11.6 Å². The van der Waals surface area contributed by atoms with Crippen LogP contribution in [0.1, 0.15) is 15.9 Å². The summed E-state index contributed by atoms with van der Waals surface area (Å²) in [5.41, 5.74) is 1.55. The van der Waals surface area contributed by atoms with Crippen LogP contribution in [-0.4, -0.2) is 12.9 Å². The third kappa shape index (κ3) is 2.87. The first-order valence-corrected chi connectivity index (χ1v) is 6.40. The van der Waals surface area contributed by atoms with Crippen molar-refractivity contribution in [2.75, 3.05) is 7.11 Å². The molecular weight excluding hydrogens is 256 g/mol. The molecule has 2 nitrogen and oxygen atoms in total. The van der Waals surface area contributed by atoms with Gasteiger partial charge in [0, 0.05) is 11.4 Å². The SMILES string of the molecule is COc1ccc(Cl)cc1C(=O)Cc1ccsc1. The molecule has 0 aliphatic heterocycles. The molecule has 88 valence electrons. The number of ketones is 1. The Morgan fingerprint density at radius 1 is 1.41 bits per heavy atom. The third-order valence-corrected chi connectivity index (χ3v) is 3.37. The fourth-order valence-electron chi connectivity index (χ4n) is 1.57. The number of carbonyl (C=O) groups is 1. The number of hydrogen-bond acceptors (Lipinski definition) is 3. The summed E-state index contributed by atoms with van der Waals surface area (Å²) < 4.78 is 5.16. The normalized spacial score (nSPS) is 10.2. The van der Waals surface area contributed by atoms with Crippen LogP contribution in [0, 0.1) is 0 Å². The Morgan fingerprint density at radius 3 is 2.88 bits per heavy atom. The molecule has 0 atom stereocenters. The van der Waals surface area contributed by atoms with Crippen LogP contribution in [0.4, 0.5) is 0 Å². The average Bonchev–Trinajstić information content (AvgIpc) is 2.81. The van der Waals surface area contributed by atoms with Gasteiger partial charge in [0.15, 0.2) is 5.78 Å². The van der Waals surface area contributed by atoms with Crippen LogP contribution in [0.3, 0.4) is 0 Å². The zero-order valence-corrected chi connectivity index (χ0v) is 10.8. The molecule has 0 amide bonds. The minimum Gasteiger partial charge on any atom is -0.496 e. The van der Waals surface area contributed by atoms with Crippen molar-refractivity contribution >= 4 is 28.7 Å². The fourth-order valence-corrected chi connectivity index (χ4v) is 2.41. The molecule has 0 N–H and O–H groups in total. The Balaban J connectivity index is 2.26. The van der Waals surface area contributed by atoms with Crippen LogP contribution >= 0.6 is 22.9 Å². The minimum atomic E-state index is 0.0164. The molecule has 1 aromatic heterocycles. The molecule has 2 aromatic rings. The van der Waals surface area contributed by atoms with Gasteiger partial charge in [-0.25, -0.2) is 0 Å². The van der Waals surface area contributed by atoms with Crippen LogP contribution in [-0.2, 0) is 6.42 Å². The lowest BCUT2D eigenvalue weighted by molar-refractivity contribution is 0.0990. The lowest BCUT2D eigenvalue weighted by atomic mass is 10.0. The Morgan fingerprint density at radius 2 is 2.24 bits per heavy atom. The van der Waals surface area contributed by atoms with Crippen LogP contribution in [0.15, 0.2) is 35.0 Å². The van der Waals surface area contributed by atoms with Crippen molar-refractivity contribution in [3.63, 3.8) is 0 Å². The van der Waals surface area contributed by atoms with Gasteiger partial charge in [0.25, 0.3) is 0 Å². The summed E-state index contributed by atoms with van der Waals surface area (Å²) in [6, 6.07) is 7.01. The van der Waals surface area contributed by atoms with E-state index in [0.29, 0.717) is 22.8 Å². The molecule has 17 heavy (non-hydrogen) atoms. The number of carbonyl (C=O) groups excluding carboxylic acids is 1. The van der Waals surface area contributed by atoms with Crippen molar-refractivity contribution < 1.29 is 9.53 Å². The van der Waals surface area contributed by atoms with E-state index in [-0.39, 0.29) is 5.78 Å². The van der Waals surface area contributed by atoms with Crippen molar-refractivity contribution in [2.45, 2.75) is 6.42 Å². The van der Waals surface area contributed by atoms with E-state index in [4.69, 9.17) is 16.3 Å². The number of rotatable bonds is 4. The first-order valence-electron chi connectivity index (χ1n) is 5.08. The van der Waals surface area contributed by atoms with E-state index < -0.39 is 0 Å². The Bertz CT molecular complexity index is 520. The van der Waals surface area contributed by atoms with Crippen molar-refractivity contribution in [1.82, 2.24) is 0 Å². The zero-order valence-electron chi connectivity index (χ0n) is 9.27. The number of ether oxygens (including phenoxy) is 1. The predicted octanol–water partition coefficient (Wildman–Crippen LogP) is 3.84. The quantitative estimate of drug-likeness (QED) is 0.786. The maximum absolute atomic E-state index is 12.1. The molecule has 0 spiro atoms. The number of methoxy groups -OCH3 is 1. The maximum Gasteiger partial charge on any atom is 0.171 e. The average molecular weight is 267 g/mol. The van der Waals surface area contributed by atoms with E-state index in [1.807, 2.05) is 16.8 Å². The van der Waals surface area contributed by atoms with E-state index in [9.17, 15) is 4.79 Å². The first-order chi connectivity index (χ1) is 8.20. The Hall–Kier alpha value is -1.32. The summed E-state index contributed by atoms with van der Waals surface area (Å²) in [7, 11) is 1.55. The van der Waals surface area contributed by atoms with E-state index in [1.165, 1.54) is 0 Å². The highest BCUT2D eigenvalue weighted by molar-refractivity contribution is 7.08. The van der Waals surface area contributed by atoms with E-state index in [1.54, 1.807) is 36.6 Å². The highest BCUT2D eigenvalue weighted by Gasteiger charge is 2.13.